The molecule has 0 saturated heterocycles. The molecule has 1 aromatic carbocycles. The topological polar surface area (TPSA) is 12.0 Å². The first-order valence-corrected chi connectivity index (χ1v) is 7.51. The zero-order valence-electron chi connectivity index (χ0n) is 11.8. The molecule has 1 unspecified atom stereocenters. The van der Waals surface area contributed by atoms with E-state index in [1.165, 1.54) is 6.07 Å². The molecule has 0 aromatic heterocycles. The Balaban J connectivity index is 2.60. The van der Waals surface area contributed by atoms with E-state index in [1.807, 2.05) is 23.9 Å². The third kappa shape index (κ3) is 5.87. The Kier molecular flexibility index (Phi) is 6.16. The molecular weight excluding hydrogens is 245 g/mol. The van der Waals surface area contributed by atoms with E-state index in [4.69, 9.17) is 0 Å². The molecule has 0 aliphatic carbocycles. The Bertz CT molecular complexity index is 360. The third-order valence-electron chi connectivity index (χ3n) is 2.63. The van der Waals surface area contributed by atoms with Crippen molar-refractivity contribution in [2.24, 2.45) is 0 Å². The maximum absolute atomic E-state index is 13.6. The van der Waals surface area contributed by atoms with Gasteiger partial charge in [0.1, 0.15) is 5.82 Å². The summed E-state index contributed by atoms with van der Waals surface area (Å²) in [5.74, 6) is 0.909. The number of rotatable bonds is 6. The molecule has 0 radical (unpaired) electrons. The van der Waals surface area contributed by atoms with E-state index in [0.717, 1.165) is 24.3 Å². The minimum atomic E-state index is -0.0961. The average molecular weight is 269 g/mol. The lowest BCUT2D eigenvalue weighted by Gasteiger charge is -2.23. The minimum absolute atomic E-state index is 0.0961. The summed E-state index contributed by atoms with van der Waals surface area (Å²) >= 11 is 1.92. The number of likely N-dealkylation sites (N-methyl/N-ethyl adjacent to an activating group) is 1. The first kappa shape index (κ1) is 15.5. The lowest BCUT2D eigenvalue weighted by atomic mass is 10.1. The van der Waals surface area contributed by atoms with Gasteiger partial charge in [0.15, 0.2) is 0 Å². The van der Waals surface area contributed by atoms with Crippen molar-refractivity contribution in [2.75, 3.05) is 12.3 Å². The molecule has 0 bridgehead atoms. The molecule has 0 amide bonds. The molecule has 1 aromatic rings. The summed E-state index contributed by atoms with van der Waals surface area (Å²) in [7, 11) is 0. The molecule has 0 heterocycles. The Morgan fingerprint density at radius 2 is 1.94 bits per heavy atom. The fraction of sp³-hybridized carbons (Fsp3) is 0.600. The molecule has 1 nitrogen and oxygen atoms in total. The lowest BCUT2D eigenvalue weighted by molar-refractivity contribution is 0.544. The van der Waals surface area contributed by atoms with E-state index in [0.29, 0.717) is 6.04 Å². The largest absolute Gasteiger partial charge is 0.313 e. The molecule has 0 aliphatic rings. The number of hydrogen-bond donors (Lipinski definition) is 1. The van der Waals surface area contributed by atoms with Crippen molar-refractivity contribution in [3.05, 3.63) is 35.6 Å². The zero-order valence-corrected chi connectivity index (χ0v) is 12.6. The molecule has 102 valence electrons. The Hall–Kier alpha value is -0.540. The van der Waals surface area contributed by atoms with Gasteiger partial charge in [0.05, 0.1) is 0 Å². The van der Waals surface area contributed by atoms with Crippen LogP contribution in [0.2, 0.25) is 0 Å². The maximum Gasteiger partial charge on any atom is 0.126 e. The van der Waals surface area contributed by atoms with Crippen molar-refractivity contribution >= 4 is 11.8 Å². The van der Waals surface area contributed by atoms with Gasteiger partial charge in [-0.05, 0) is 24.6 Å². The van der Waals surface area contributed by atoms with Crippen molar-refractivity contribution in [3.8, 4) is 0 Å². The van der Waals surface area contributed by atoms with Gasteiger partial charge in [0.2, 0.25) is 0 Å². The standard InChI is InChI=1S/C15H24FNS/c1-5-17-13(11-18-15(2,3)4)10-12-8-6-7-9-14(12)16/h6-9,13,17H,5,10-11H2,1-4H3. The molecule has 1 rings (SSSR count). The van der Waals surface area contributed by atoms with Crippen molar-refractivity contribution in [3.63, 3.8) is 0 Å². The monoisotopic (exact) mass is 269 g/mol. The van der Waals surface area contributed by atoms with Gasteiger partial charge in [-0.3, -0.25) is 0 Å². The predicted octanol–water partition coefficient (Wildman–Crippen LogP) is 3.88. The van der Waals surface area contributed by atoms with Crippen LogP contribution in [-0.4, -0.2) is 23.1 Å². The number of hydrogen-bond acceptors (Lipinski definition) is 2. The van der Waals surface area contributed by atoms with Gasteiger partial charge in [-0.1, -0.05) is 45.9 Å². The SMILES string of the molecule is CCNC(CSC(C)(C)C)Cc1ccccc1F. The van der Waals surface area contributed by atoms with E-state index >= 15 is 0 Å². The average Bonchev–Trinajstić information content (AvgIpc) is 2.28. The molecule has 18 heavy (non-hydrogen) atoms. The summed E-state index contributed by atoms with van der Waals surface area (Å²) < 4.78 is 13.9. The first-order chi connectivity index (χ1) is 8.42. The zero-order chi connectivity index (χ0) is 13.6. The van der Waals surface area contributed by atoms with Gasteiger partial charge >= 0.3 is 0 Å². The summed E-state index contributed by atoms with van der Waals surface area (Å²) in [5.41, 5.74) is 0.804. The van der Waals surface area contributed by atoms with E-state index in [2.05, 4.69) is 33.0 Å². The van der Waals surface area contributed by atoms with Crippen molar-refractivity contribution in [1.29, 1.82) is 0 Å². The highest BCUT2D eigenvalue weighted by Gasteiger charge is 2.16. The van der Waals surface area contributed by atoms with Crippen molar-refractivity contribution in [2.45, 2.75) is 44.9 Å². The molecule has 3 heteroatoms. The van der Waals surface area contributed by atoms with Crippen LogP contribution in [-0.2, 0) is 6.42 Å². The highest BCUT2D eigenvalue weighted by Crippen LogP contribution is 2.24. The first-order valence-electron chi connectivity index (χ1n) is 6.53. The smallest absolute Gasteiger partial charge is 0.126 e. The number of halogens is 1. The van der Waals surface area contributed by atoms with Crippen LogP contribution >= 0.6 is 11.8 Å². The van der Waals surface area contributed by atoms with Gasteiger partial charge in [-0.15, -0.1) is 0 Å². The third-order valence-corrected chi connectivity index (χ3v) is 4.07. The molecule has 0 spiro atoms. The fourth-order valence-electron chi connectivity index (χ4n) is 1.76. The van der Waals surface area contributed by atoms with Gasteiger partial charge in [-0.2, -0.15) is 11.8 Å². The summed E-state index contributed by atoms with van der Waals surface area (Å²) in [4.78, 5) is 0. The number of nitrogens with one attached hydrogen (secondary N) is 1. The lowest BCUT2D eigenvalue weighted by Crippen LogP contribution is -2.34. The second-order valence-electron chi connectivity index (χ2n) is 5.47. The molecule has 0 fully saturated rings. The Morgan fingerprint density at radius 3 is 2.50 bits per heavy atom. The molecule has 1 atom stereocenters. The van der Waals surface area contributed by atoms with Gasteiger partial charge in [-0.25, -0.2) is 4.39 Å². The van der Waals surface area contributed by atoms with Crippen LogP contribution in [0.5, 0.6) is 0 Å². The van der Waals surface area contributed by atoms with Crippen LogP contribution in [0.3, 0.4) is 0 Å². The van der Waals surface area contributed by atoms with Gasteiger partial charge < -0.3 is 5.32 Å². The number of thioether (sulfide) groups is 1. The van der Waals surface area contributed by atoms with Crippen molar-refractivity contribution in [1.82, 2.24) is 5.32 Å². The molecule has 0 aliphatic heterocycles. The van der Waals surface area contributed by atoms with E-state index in [-0.39, 0.29) is 10.6 Å². The highest BCUT2D eigenvalue weighted by molar-refractivity contribution is 8.00. The second kappa shape index (κ2) is 7.15. The predicted molar refractivity (Wildman–Crippen MR) is 79.8 cm³/mol. The quantitative estimate of drug-likeness (QED) is 0.841. The van der Waals surface area contributed by atoms with Gasteiger partial charge in [0.25, 0.3) is 0 Å². The maximum atomic E-state index is 13.6. The molecule has 0 saturated carbocycles. The van der Waals surface area contributed by atoms with Gasteiger partial charge in [0, 0.05) is 16.5 Å². The summed E-state index contributed by atoms with van der Waals surface area (Å²) in [6.07, 6.45) is 0.754. The highest BCUT2D eigenvalue weighted by atomic mass is 32.2. The van der Waals surface area contributed by atoms with Crippen LogP contribution in [0.25, 0.3) is 0 Å². The molecule has 1 N–H and O–H groups in total. The Labute approximate surface area is 115 Å². The Morgan fingerprint density at radius 1 is 1.28 bits per heavy atom. The second-order valence-corrected chi connectivity index (χ2v) is 7.32. The van der Waals surface area contributed by atoms with Crippen LogP contribution in [0.15, 0.2) is 24.3 Å². The van der Waals surface area contributed by atoms with Crippen LogP contribution in [0, 0.1) is 5.82 Å². The minimum Gasteiger partial charge on any atom is -0.313 e. The summed E-state index contributed by atoms with van der Waals surface area (Å²) in [5, 5.41) is 3.44. The van der Waals surface area contributed by atoms with Crippen molar-refractivity contribution < 1.29 is 4.39 Å². The van der Waals surface area contributed by atoms with Crippen LogP contribution in [0.4, 0.5) is 4.39 Å². The summed E-state index contributed by atoms with van der Waals surface area (Å²) in [6, 6.07) is 7.39. The number of benzene rings is 1. The molecular formula is C15H24FNS. The normalized spacial score (nSPS) is 13.6. The van der Waals surface area contributed by atoms with E-state index in [1.54, 1.807) is 6.07 Å². The van der Waals surface area contributed by atoms with E-state index in [9.17, 15) is 4.39 Å². The van der Waals surface area contributed by atoms with Crippen LogP contribution < -0.4 is 5.32 Å². The van der Waals surface area contributed by atoms with Crippen LogP contribution in [0.1, 0.15) is 33.3 Å². The fourth-order valence-corrected chi connectivity index (χ4v) is 2.70. The van der Waals surface area contributed by atoms with E-state index < -0.39 is 0 Å². The summed E-state index contributed by atoms with van der Waals surface area (Å²) in [6.45, 7) is 9.65.